The molecule has 1 aromatic carbocycles. The quantitative estimate of drug-likeness (QED) is 0.850. The first-order valence-corrected chi connectivity index (χ1v) is 7.38. The molecule has 0 bridgehead atoms. The van der Waals surface area contributed by atoms with Crippen LogP contribution in [0.15, 0.2) is 24.3 Å². The summed E-state index contributed by atoms with van der Waals surface area (Å²) < 4.78 is 6.10. The Bertz CT molecular complexity index is 378. The van der Waals surface area contributed by atoms with Crippen LogP contribution in [0.4, 0.5) is 5.69 Å². The molecule has 0 aromatic heterocycles. The predicted octanol–water partition coefficient (Wildman–Crippen LogP) is 2.48. The molecule has 1 saturated heterocycles. The monoisotopic (exact) mass is 266 g/mol. The highest BCUT2D eigenvalue weighted by Crippen LogP contribution is 2.29. The van der Waals surface area contributed by atoms with Crippen molar-refractivity contribution in [1.82, 2.24) is 4.90 Å². The van der Waals surface area contributed by atoms with Gasteiger partial charge in [0.25, 0.3) is 0 Å². The molecule has 0 amide bonds. The Kier molecular flexibility index (Phi) is 4.40. The summed E-state index contributed by atoms with van der Waals surface area (Å²) >= 11 is 2.06. The third kappa shape index (κ3) is 4.10. The van der Waals surface area contributed by atoms with Crippen LogP contribution in [0, 0.1) is 0 Å². The van der Waals surface area contributed by atoms with Gasteiger partial charge in [0.15, 0.2) is 0 Å². The van der Waals surface area contributed by atoms with Gasteiger partial charge in [0.2, 0.25) is 0 Å². The van der Waals surface area contributed by atoms with Crippen molar-refractivity contribution in [3.63, 3.8) is 0 Å². The largest absolute Gasteiger partial charge is 0.492 e. The number of ether oxygens (including phenoxy) is 1. The first-order valence-electron chi connectivity index (χ1n) is 6.40. The second-order valence-corrected chi connectivity index (χ2v) is 7.10. The second kappa shape index (κ2) is 5.85. The minimum atomic E-state index is 0.374. The maximum atomic E-state index is 5.73. The highest BCUT2D eigenvalue weighted by molar-refractivity contribution is 8.00. The molecule has 4 heteroatoms. The maximum Gasteiger partial charge on any atom is 0.119 e. The number of thioether (sulfide) groups is 1. The molecular formula is C14H22N2OS. The first kappa shape index (κ1) is 13.6. The lowest BCUT2D eigenvalue weighted by molar-refractivity contribution is 0.202. The van der Waals surface area contributed by atoms with Crippen molar-refractivity contribution in [1.29, 1.82) is 0 Å². The Hall–Kier alpha value is -0.870. The average molecular weight is 266 g/mol. The van der Waals surface area contributed by atoms with Crippen molar-refractivity contribution >= 4 is 17.4 Å². The van der Waals surface area contributed by atoms with Gasteiger partial charge in [-0.05, 0) is 38.1 Å². The topological polar surface area (TPSA) is 38.5 Å². The Balaban J connectivity index is 1.73. The molecule has 1 aliphatic heterocycles. The minimum absolute atomic E-state index is 0.374. The van der Waals surface area contributed by atoms with E-state index in [0.29, 0.717) is 4.75 Å². The fourth-order valence-electron chi connectivity index (χ4n) is 2.16. The summed E-state index contributed by atoms with van der Waals surface area (Å²) in [7, 11) is 0. The number of anilines is 1. The summed E-state index contributed by atoms with van der Waals surface area (Å²) in [6.45, 7) is 8.66. The zero-order valence-electron chi connectivity index (χ0n) is 11.2. The van der Waals surface area contributed by atoms with Gasteiger partial charge in [-0.15, -0.1) is 0 Å². The average Bonchev–Trinajstić information content (AvgIpc) is 2.30. The molecule has 3 nitrogen and oxygen atoms in total. The summed E-state index contributed by atoms with van der Waals surface area (Å²) in [5, 5.41) is 0. The van der Waals surface area contributed by atoms with Crippen molar-refractivity contribution in [3.8, 4) is 5.75 Å². The van der Waals surface area contributed by atoms with Crippen LogP contribution in [0.5, 0.6) is 5.75 Å². The van der Waals surface area contributed by atoms with Crippen LogP contribution < -0.4 is 10.5 Å². The van der Waals surface area contributed by atoms with E-state index in [1.807, 2.05) is 24.3 Å². The number of nitrogens with zero attached hydrogens (tertiary/aromatic N) is 1. The molecule has 1 aliphatic rings. The van der Waals surface area contributed by atoms with Gasteiger partial charge in [-0.25, -0.2) is 0 Å². The van der Waals surface area contributed by atoms with E-state index in [-0.39, 0.29) is 0 Å². The predicted molar refractivity (Wildman–Crippen MR) is 79.3 cm³/mol. The van der Waals surface area contributed by atoms with E-state index in [1.165, 1.54) is 12.3 Å². The van der Waals surface area contributed by atoms with Crippen molar-refractivity contribution in [2.45, 2.75) is 18.6 Å². The molecule has 0 atom stereocenters. The van der Waals surface area contributed by atoms with Crippen molar-refractivity contribution in [2.75, 3.05) is 37.7 Å². The van der Waals surface area contributed by atoms with E-state index in [4.69, 9.17) is 10.5 Å². The zero-order valence-corrected chi connectivity index (χ0v) is 12.0. The smallest absolute Gasteiger partial charge is 0.119 e. The van der Waals surface area contributed by atoms with Gasteiger partial charge in [-0.3, -0.25) is 4.90 Å². The SMILES string of the molecule is CC1(C)CN(CCOc2ccc(N)cc2)CCS1. The number of benzene rings is 1. The fourth-order valence-corrected chi connectivity index (χ4v) is 3.34. The van der Waals surface area contributed by atoms with Crippen LogP contribution in [-0.2, 0) is 0 Å². The Morgan fingerprint density at radius 1 is 1.33 bits per heavy atom. The summed E-state index contributed by atoms with van der Waals surface area (Å²) in [4.78, 5) is 2.48. The standard InChI is InChI=1S/C14H22N2OS/c1-14(2)11-16(8-10-18-14)7-9-17-13-5-3-12(15)4-6-13/h3-6H,7-11,15H2,1-2H3. The van der Waals surface area contributed by atoms with E-state index in [2.05, 4.69) is 30.5 Å². The van der Waals surface area contributed by atoms with Crippen LogP contribution in [-0.4, -0.2) is 41.6 Å². The fraction of sp³-hybridized carbons (Fsp3) is 0.571. The molecule has 1 aromatic rings. The summed E-state index contributed by atoms with van der Waals surface area (Å²) in [5.41, 5.74) is 6.41. The zero-order chi connectivity index (χ0) is 13.0. The van der Waals surface area contributed by atoms with Crippen LogP contribution in [0.1, 0.15) is 13.8 Å². The van der Waals surface area contributed by atoms with E-state index in [0.717, 1.165) is 31.1 Å². The molecule has 0 radical (unpaired) electrons. The molecule has 0 aliphatic carbocycles. The minimum Gasteiger partial charge on any atom is -0.492 e. The lowest BCUT2D eigenvalue weighted by Crippen LogP contribution is -2.44. The summed E-state index contributed by atoms with van der Waals surface area (Å²) in [6.07, 6.45) is 0. The van der Waals surface area contributed by atoms with E-state index in [9.17, 15) is 0 Å². The highest BCUT2D eigenvalue weighted by atomic mass is 32.2. The molecule has 1 fully saturated rings. The number of nitrogen functional groups attached to an aromatic ring is 1. The number of rotatable bonds is 4. The van der Waals surface area contributed by atoms with Gasteiger partial charge in [-0.1, -0.05) is 0 Å². The molecule has 18 heavy (non-hydrogen) atoms. The van der Waals surface area contributed by atoms with Crippen molar-refractivity contribution in [2.24, 2.45) is 0 Å². The van der Waals surface area contributed by atoms with E-state index >= 15 is 0 Å². The molecule has 100 valence electrons. The van der Waals surface area contributed by atoms with Crippen LogP contribution in [0.25, 0.3) is 0 Å². The normalized spacial score (nSPS) is 19.7. The third-order valence-electron chi connectivity index (χ3n) is 3.06. The van der Waals surface area contributed by atoms with Crippen molar-refractivity contribution in [3.05, 3.63) is 24.3 Å². The third-order valence-corrected chi connectivity index (χ3v) is 4.36. The molecule has 0 unspecified atom stereocenters. The van der Waals surface area contributed by atoms with Gasteiger partial charge < -0.3 is 10.5 Å². The number of hydrogen-bond donors (Lipinski definition) is 1. The summed E-state index contributed by atoms with van der Waals surface area (Å²) in [5.74, 6) is 2.12. The van der Waals surface area contributed by atoms with Crippen LogP contribution >= 0.6 is 11.8 Å². The van der Waals surface area contributed by atoms with E-state index < -0.39 is 0 Å². The molecule has 2 rings (SSSR count). The summed E-state index contributed by atoms with van der Waals surface area (Å²) in [6, 6.07) is 7.59. The van der Waals surface area contributed by atoms with Gasteiger partial charge in [0.05, 0.1) is 0 Å². The molecule has 1 heterocycles. The lowest BCUT2D eigenvalue weighted by Gasteiger charge is -2.37. The number of hydrogen-bond acceptors (Lipinski definition) is 4. The molecule has 0 saturated carbocycles. The van der Waals surface area contributed by atoms with Gasteiger partial charge in [-0.2, -0.15) is 11.8 Å². The van der Waals surface area contributed by atoms with Crippen LogP contribution in [0.2, 0.25) is 0 Å². The van der Waals surface area contributed by atoms with Gasteiger partial charge >= 0.3 is 0 Å². The highest BCUT2D eigenvalue weighted by Gasteiger charge is 2.26. The lowest BCUT2D eigenvalue weighted by atomic mass is 10.2. The van der Waals surface area contributed by atoms with Gasteiger partial charge in [0, 0.05) is 35.8 Å². The Morgan fingerprint density at radius 2 is 2.06 bits per heavy atom. The van der Waals surface area contributed by atoms with E-state index in [1.54, 1.807) is 0 Å². The first-order chi connectivity index (χ1) is 8.55. The van der Waals surface area contributed by atoms with Crippen LogP contribution in [0.3, 0.4) is 0 Å². The Labute approximate surface area is 114 Å². The Morgan fingerprint density at radius 3 is 2.72 bits per heavy atom. The number of nitrogens with two attached hydrogens (primary N) is 1. The molecular weight excluding hydrogens is 244 g/mol. The van der Waals surface area contributed by atoms with Gasteiger partial charge in [0.1, 0.15) is 12.4 Å². The van der Waals surface area contributed by atoms with Crippen molar-refractivity contribution < 1.29 is 4.74 Å². The molecule has 0 spiro atoms. The molecule has 2 N–H and O–H groups in total. The second-order valence-electron chi connectivity index (χ2n) is 5.30. The maximum absolute atomic E-state index is 5.73.